The normalized spacial score (nSPS) is 20.6. The summed E-state index contributed by atoms with van der Waals surface area (Å²) >= 11 is 1.78. The molecule has 0 bridgehead atoms. The number of hydrogen-bond acceptors (Lipinski definition) is 6. The summed E-state index contributed by atoms with van der Waals surface area (Å²) in [6.07, 6.45) is 2.41. The van der Waals surface area contributed by atoms with Crippen molar-refractivity contribution in [3.05, 3.63) is 71.4 Å². The topological polar surface area (TPSA) is 70.6 Å². The number of thioether (sulfide) groups is 1. The number of likely N-dealkylation sites (tertiary alicyclic amines) is 1. The van der Waals surface area contributed by atoms with Crippen molar-refractivity contribution in [3.63, 3.8) is 0 Å². The van der Waals surface area contributed by atoms with Gasteiger partial charge in [-0.25, -0.2) is 0 Å². The number of nitrogens with zero attached hydrogens (tertiary/aromatic N) is 6. The van der Waals surface area contributed by atoms with Crippen molar-refractivity contribution >= 4 is 35.1 Å². The van der Waals surface area contributed by atoms with E-state index < -0.39 is 0 Å². The van der Waals surface area contributed by atoms with Gasteiger partial charge in [0.2, 0.25) is 0 Å². The first-order chi connectivity index (χ1) is 17.1. The number of halogens is 1. The Hall–Kier alpha value is -2.92. The van der Waals surface area contributed by atoms with E-state index in [1.165, 1.54) is 18.5 Å². The highest BCUT2D eigenvalue weighted by Crippen LogP contribution is 2.58. The van der Waals surface area contributed by atoms with Gasteiger partial charge in [0.15, 0.2) is 11.0 Å². The molecule has 8 heteroatoms. The Morgan fingerprint density at radius 1 is 1.11 bits per heavy atom. The molecule has 0 amide bonds. The van der Waals surface area contributed by atoms with Crippen molar-refractivity contribution in [2.75, 3.05) is 25.4 Å². The third-order valence-corrected chi connectivity index (χ3v) is 8.71. The van der Waals surface area contributed by atoms with Crippen LogP contribution < -0.4 is 0 Å². The number of aromatic nitrogens is 4. The molecule has 1 saturated heterocycles. The number of fused-ring (bicyclic) bond motifs is 2. The molecule has 184 valence electrons. The molecule has 0 spiro atoms. The van der Waals surface area contributed by atoms with Crippen LogP contribution >= 0.6 is 24.2 Å². The summed E-state index contributed by atoms with van der Waals surface area (Å²) in [7, 11) is 2.05. The summed E-state index contributed by atoms with van der Waals surface area (Å²) in [6.45, 7) is 5.45. The van der Waals surface area contributed by atoms with Gasteiger partial charge in [-0.3, -0.25) is 4.98 Å². The van der Waals surface area contributed by atoms with Gasteiger partial charge < -0.3 is 9.47 Å². The Kier molecular flexibility index (Phi) is 6.78. The van der Waals surface area contributed by atoms with E-state index in [9.17, 15) is 0 Å². The molecule has 2 aromatic heterocycles. The summed E-state index contributed by atoms with van der Waals surface area (Å²) < 4.78 is 2.10. The van der Waals surface area contributed by atoms with Gasteiger partial charge in [0, 0.05) is 47.9 Å². The number of aryl methyl sites for hydroxylation is 1. The maximum atomic E-state index is 9.07. The fourth-order valence-corrected chi connectivity index (χ4v) is 6.49. The van der Waals surface area contributed by atoms with E-state index in [1.807, 2.05) is 44.3 Å². The van der Waals surface area contributed by atoms with E-state index in [2.05, 4.69) is 55.0 Å². The number of pyridine rings is 1. The van der Waals surface area contributed by atoms with Crippen LogP contribution in [0.4, 0.5) is 0 Å². The molecule has 6 rings (SSSR count). The van der Waals surface area contributed by atoms with E-state index in [-0.39, 0.29) is 12.4 Å². The largest absolute Gasteiger partial charge is 0.305 e. The number of benzene rings is 2. The first kappa shape index (κ1) is 24.8. The number of rotatable bonds is 7. The average Bonchev–Trinajstić information content (AvgIpc) is 3.25. The third kappa shape index (κ3) is 4.39. The summed E-state index contributed by atoms with van der Waals surface area (Å²) in [5.41, 5.74) is 5.55. The average molecular weight is 517 g/mol. The van der Waals surface area contributed by atoms with Crippen LogP contribution in [0, 0.1) is 24.2 Å². The maximum absolute atomic E-state index is 9.07. The lowest BCUT2D eigenvalue weighted by Crippen LogP contribution is -2.27. The summed E-state index contributed by atoms with van der Waals surface area (Å²) in [4.78, 5) is 7.27. The first-order valence-electron chi connectivity index (χ1n) is 12.2. The van der Waals surface area contributed by atoms with Crippen LogP contribution in [0.25, 0.3) is 22.3 Å². The molecule has 0 N–H and O–H groups in total. The van der Waals surface area contributed by atoms with Gasteiger partial charge >= 0.3 is 0 Å². The Bertz CT molecular complexity index is 1440. The molecule has 3 heterocycles. The fraction of sp³-hybridized carbons (Fsp3) is 0.357. The van der Waals surface area contributed by atoms with Crippen molar-refractivity contribution in [2.45, 2.75) is 30.3 Å². The summed E-state index contributed by atoms with van der Waals surface area (Å²) in [6, 6.07) is 20.8. The van der Waals surface area contributed by atoms with E-state index in [0.29, 0.717) is 5.41 Å². The molecule has 1 aliphatic carbocycles. The molecule has 36 heavy (non-hydrogen) atoms. The van der Waals surface area contributed by atoms with Crippen LogP contribution in [-0.4, -0.2) is 50.0 Å². The Morgan fingerprint density at radius 2 is 1.94 bits per heavy atom. The first-order valence-corrected chi connectivity index (χ1v) is 13.2. The standard InChI is InChI=1S/C28H28N6S.ClH/c1-19-7-12-23-24(5-3-6-25(23)30-19)26-31-32-27(33(26)2)35-14-4-13-34-17-22-15-28(22,18-34)21-10-8-20(16-29)9-11-21;/h3,5-12,22H,4,13-15,17-18H2,1-2H3;1H/t22-,28+;/m1./s1. The Labute approximate surface area is 222 Å². The minimum atomic E-state index is 0. The van der Waals surface area contributed by atoms with E-state index >= 15 is 0 Å². The fourth-order valence-electron chi connectivity index (χ4n) is 5.66. The van der Waals surface area contributed by atoms with E-state index in [0.717, 1.165) is 69.9 Å². The van der Waals surface area contributed by atoms with Crippen molar-refractivity contribution < 1.29 is 0 Å². The van der Waals surface area contributed by atoms with Crippen LogP contribution in [0.2, 0.25) is 0 Å². The zero-order chi connectivity index (χ0) is 24.0. The maximum Gasteiger partial charge on any atom is 0.191 e. The highest BCUT2D eigenvalue weighted by molar-refractivity contribution is 7.99. The number of piperidine rings is 1. The lowest BCUT2D eigenvalue weighted by Gasteiger charge is -2.21. The minimum Gasteiger partial charge on any atom is -0.305 e. The van der Waals surface area contributed by atoms with Gasteiger partial charge in [-0.1, -0.05) is 42.1 Å². The zero-order valence-electron chi connectivity index (χ0n) is 20.5. The summed E-state index contributed by atoms with van der Waals surface area (Å²) in [5, 5.41) is 20.1. The van der Waals surface area contributed by atoms with Crippen LogP contribution in [0.1, 0.15) is 29.7 Å². The predicted molar refractivity (Wildman–Crippen MR) is 146 cm³/mol. The lowest BCUT2D eigenvalue weighted by molar-refractivity contribution is 0.299. The molecule has 0 unspecified atom stereocenters. The van der Waals surface area contributed by atoms with E-state index in [1.54, 1.807) is 11.8 Å². The van der Waals surface area contributed by atoms with Crippen LogP contribution in [0.5, 0.6) is 0 Å². The monoisotopic (exact) mass is 516 g/mol. The second-order valence-electron chi connectivity index (χ2n) is 9.87. The molecule has 0 radical (unpaired) electrons. The smallest absolute Gasteiger partial charge is 0.191 e. The highest BCUT2D eigenvalue weighted by Gasteiger charge is 2.60. The lowest BCUT2D eigenvalue weighted by atomic mass is 9.94. The second-order valence-corrected chi connectivity index (χ2v) is 10.9. The van der Waals surface area contributed by atoms with Crippen molar-refractivity contribution in [1.29, 1.82) is 5.26 Å². The molecule has 2 fully saturated rings. The van der Waals surface area contributed by atoms with Gasteiger partial charge in [-0.15, -0.1) is 22.6 Å². The van der Waals surface area contributed by atoms with Gasteiger partial charge in [-0.2, -0.15) is 5.26 Å². The third-order valence-electron chi connectivity index (χ3n) is 7.60. The highest BCUT2D eigenvalue weighted by atomic mass is 35.5. The SMILES string of the molecule is Cc1ccc2c(-c3nnc(SCCCN4C[C@H]5C[C@@]5(c5ccc(C#N)cc5)C4)n3C)cccc2n1.Cl. The van der Waals surface area contributed by atoms with Crippen molar-refractivity contribution in [1.82, 2.24) is 24.6 Å². The Morgan fingerprint density at radius 3 is 2.75 bits per heavy atom. The van der Waals surface area contributed by atoms with Crippen molar-refractivity contribution in [2.24, 2.45) is 13.0 Å². The molecule has 2 aromatic carbocycles. The minimum absolute atomic E-state index is 0. The van der Waals surface area contributed by atoms with E-state index in [4.69, 9.17) is 5.26 Å². The molecule has 6 nitrogen and oxygen atoms in total. The molecule has 1 saturated carbocycles. The van der Waals surface area contributed by atoms with Gasteiger partial charge in [0.1, 0.15) is 0 Å². The van der Waals surface area contributed by atoms with Gasteiger partial charge in [0.05, 0.1) is 17.1 Å². The molecule has 2 atom stereocenters. The zero-order valence-corrected chi connectivity index (χ0v) is 22.1. The molecular weight excluding hydrogens is 488 g/mol. The van der Waals surface area contributed by atoms with Gasteiger partial charge in [0.25, 0.3) is 0 Å². The molecule has 2 aliphatic rings. The van der Waals surface area contributed by atoms with Crippen LogP contribution in [0.3, 0.4) is 0 Å². The molecule has 4 aromatic rings. The van der Waals surface area contributed by atoms with Crippen LogP contribution in [-0.2, 0) is 12.5 Å². The molecular formula is C28H29ClN6S. The van der Waals surface area contributed by atoms with Crippen LogP contribution in [0.15, 0.2) is 59.8 Å². The van der Waals surface area contributed by atoms with Gasteiger partial charge in [-0.05, 0) is 62.1 Å². The predicted octanol–water partition coefficient (Wildman–Crippen LogP) is 5.39. The Balaban J connectivity index is 0.00000267. The second kappa shape index (κ2) is 9.85. The van der Waals surface area contributed by atoms with Crippen molar-refractivity contribution in [3.8, 4) is 17.5 Å². The summed E-state index contributed by atoms with van der Waals surface area (Å²) in [5.74, 6) is 2.67. The number of nitriles is 1. The quantitative estimate of drug-likeness (QED) is 0.242. The number of hydrogen-bond donors (Lipinski definition) is 0. The molecule has 1 aliphatic heterocycles.